The van der Waals surface area contributed by atoms with Gasteiger partial charge in [0, 0.05) is 0 Å². The monoisotopic (exact) mass is 419 g/mol. The van der Waals surface area contributed by atoms with Crippen molar-refractivity contribution in [2.45, 2.75) is 71.0 Å². The molecule has 1 aromatic carbocycles. The highest BCUT2D eigenvalue weighted by Crippen LogP contribution is 2.38. The molecule has 0 saturated carbocycles. The highest BCUT2D eigenvalue weighted by molar-refractivity contribution is 6.74. The van der Waals surface area contributed by atoms with Crippen LogP contribution in [0.3, 0.4) is 0 Å². The Morgan fingerprint density at radius 3 is 2.46 bits per heavy atom. The summed E-state index contributed by atoms with van der Waals surface area (Å²) in [5.74, 6) is 0. The van der Waals surface area contributed by atoms with E-state index < -0.39 is 20.0 Å². The normalized spacial score (nSPS) is 14.0. The highest BCUT2D eigenvalue weighted by atomic mass is 35.5. The van der Waals surface area contributed by atoms with Crippen LogP contribution in [0.5, 0.6) is 0 Å². The predicted octanol–water partition coefficient (Wildman–Crippen LogP) is 5.29. The Labute approximate surface area is 174 Å². The minimum atomic E-state index is -1.95. The first-order valence-electron chi connectivity index (χ1n) is 9.35. The lowest BCUT2D eigenvalue weighted by atomic mass is 9.88. The molecule has 152 valence electrons. The van der Waals surface area contributed by atoms with Crippen LogP contribution in [0.15, 0.2) is 30.7 Å². The maximum atomic E-state index is 11.0. The molecule has 0 aliphatic carbocycles. The Hall–Kier alpha value is -1.65. The number of aliphatic hydroxyl groups is 1. The molecule has 2 rings (SSSR count). The molecule has 28 heavy (non-hydrogen) atoms. The second-order valence-corrected chi connectivity index (χ2v) is 14.4. The van der Waals surface area contributed by atoms with E-state index in [1.165, 1.54) is 0 Å². The van der Waals surface area contributed by atoms with Crippen LogP contribution in [0.25, 0.3) is 0 Å². The van der Waals surface area contributed by atoms with Crippen molar-refractivity contribution in [3.05, 3.63) is 52.6 Å². The van der Waals surface area contributed by atoms with E-state index >= 15 is 0 Å². The third-order valence-electron chi connectivity index (χ3n) is 5.53. The summed E-state index contributed by atoms with van der Waals surface area (Å²) in [6.07, 6.45) is 3.43. The molecule has 1 atom stereocenters. The van der Waals surface area contributed by atoms with E-state index in [9.17, 15) is 10.4 Å². The number of nitrogens with zero attached hydrogens (tertiary/aromatic N) is 3. The van der Waals surface area contributed by atoms with E-state index in [1.807, 2.05) is 10.6 Å². The number of hydrogen-bond acceptors (Lipinski definition) is 4. The lowest BCUT2D eigenvalue weighted by Crippen LogP contribution is -2.41. The number of halogens is 1. The maximum Gasteiger partial charge on any atom is 0.192 e. The van der Waals surface area contributed by atoms with E-state index in [2.05, 4.69) is 44.9 Å². The first kappa shape index (κ1) is 22.6. The van der Waals surface area contributed by atoms with Crippen molar-refractivity contribution in [1.82, 2.24) is 9.55 Å². The Bertz CT molecular complexity index is 873. The smallest absolute Gasteiger partial charge is 0.192 e. The van der Waals surface area contributed by atoms with Gasteiger partial charge in [-0.25, -0.2) is 4.98 Å². The van der Waals surface area contributed by atoms with Crippen LogP contribution in [-0.4, -0.2) is 28.6 Å². The van der Waals surface area contributed by atoms with Crippen LogP contribution < -0.4 is 0 Å². The molecule has 1 aromatic heterocycles. The van der Waals surface area contributed by atoms with Gasteiger partial charge in [-0.2, -0.15) is 5.26 Å². The zero-order valence-electron chi connectivity index (χ0n) is 17.7. The molecule has 1 unspecified atom stereocenters. The van der Waals surface area contributed by atoms with Gasteiger partial charge in [0.2, 0.25) is 0 Å². The average molecular weight is 420 g/mol. The van der Waals surface area contributed by atoms with Gasteiger partial charge in [0.05, 0.1) is 47.1 Å². The Morgan fingerprint density at radius 2 is 1.93 bits per heavy atom. The molecule has 1 N–H and O–H groups in total. The summed E-state index contributed by atoms with van der Waals surface area (Å²) in [4.78, 5) is 4.29. The van der Waals surface area contributed by atoms with Crippen molar-refractivity contribution in [3.63, 3.8) is 0 Å². The summed E-state index contributed by atoms with van der Waals surface area (Å²) in [5.41, 5.74) is 0.721. The molecule has 0 aliphatic rings. The molecule has 0 amide bonds. The molecule has 2 aromatic rings. The number of benzene rings is 1. The summed E-state index contributed by atoms with van der Waals surface area (Å²) in [6.45, 7) is 14.8. The van der Waals surface area contributed by atoms with Crippen molar-refractivity contribution in [2.24, 2.45) is 0 Å². The van der Waals surface area contributed by atoms with Crippen LogP contribution in [-0.2, 0) is 11.0 Å². The fourth-order valence-corrected chi connectivity index (χ4v) is 4.07. The maximum absolute atomic E-state index is 11.0. The SMILES string of the molecule is CC(C)(O)C(c1cccc(Cl)c1C#N)n1cncc1CO[Si](C)(C)C(C)(C)C. The van der Waals surface area contributed by atoms with Gasteiger partial charge in [-0.3, -0.25) is 0 Å². The first-order chi connectivity index (χ1) is 12.8. The van der Waals surface area contributed by atoms with Crippen LogP contribution in [0.4, 0.5) is 0 Å². The standard InChI is InChI=1S/C21H30ClN3O2Si/c1-20(2,3)28(6,7)27-13-15-12-24-14-25(15)19(21(4,5)26)16-9-8-10-18(22)17(16)11-23/h8-10,12,14,19,26H,13H2,1-7H3. The summed E-state index contributed by atoms with van der Waals surface area (Å²) in [5, 5.41) is 21.0. The summed E-state index contributed by atoms with van der Waals surface area (Å²) >= 11 is 6.25. The highest BCUT2D eigenvalue weighted by Gasteiger charge is 2.38. The van der Waals surface area contributed by atoms with Gasteiger partial charge in [0.15, 0.2) is 8.32 Å². The molecule has 0 aliphatic heterocycles. The average Bonchev–Trinajstić information content (AvgIpc) is 2.99. The second-order valence-electron chi connectivity index (χ2n) is 9.21. The van der Waals surface area contributed by atoms with E-state index in [-0.39, 0.29) is 5.04 Å². The predicted molar refractivity (Wildman–Crippen MR) is 115 cm³/mol. The zero-order chi connectivity index (χ0) is 21.3. The first-order valence-corrected chi connectivity index (χ1v) is 12.6. The molecule has 7 heteroatoms. The van der Waals surface area contributed by atoms with Crippen LogP contribution in [0.2, 0.25) is 23.2 Å². The minimum Gasteiger partial charge on any atom is -0.411 e. The van der Waals surface area contributed by atoms with E-state index in [0.717, 1.165) is 5.69 Å². The second kappa shape index (κ2) is 8.00. The fraction of sp³-hybridized carbons (Fsp3) is 0.524. The van der Waals surface area contributed by atoms with Crippen molar-refractivity contribution in [2.75, 3.05) is 0 Å². The van der Waals surface area contributed by atoms with Crippen LogP contribution in [0.1, 0.15) is 57.5 Å². The number of imidazole rings is 1. The molecular formula is C21H30ClN3O2Si. The van der Waals surface area contributed by atoms with Crippen molar-refractivity contribution >= 4 is 19.9 Å². The van der Waals surface area contributed by atoms with Gasteiger partial charge in [-0.15, -0.1) is 0 Å². The third kappa shape index (κ3) is 4.66. The lowest BCUT2D eigenvalue weighted by molar-refractivity contribution is 0.0369. The van der Waals surface area contributed by atoms with Gasteiger partial charge in [0.25, 0.3) is 0 Å². The number of aromatic nitrogens is 2. The van der Waals surface area contributed by atoms with E-state index in [1.54, 1.807) is 38.5 Å². The lowest BCUT2D eigenvalue weighted by Gasteiger charge is -2.37. The molecule has 0 bridgehead atoms. The van der Waals surface area contributed by atoms with E-state index in [0.29, 0.717) is 22.8 Å². The van der Waals surface area contributed by atoms with Gasteiger partial charge in [-0.05, 0) is 43.6 Å². The molecule has 0 spiro atoms. The summed E-state index contributed by atoms with van der Waals surface area (Å²) in [7, 11) is -1.95. The number of hydrogen-bond donors (Lipinski definition) is 1. The van der Waals surface area contributed by atoms with Gasteiger partial charge >= 0.3 is 0 Å². The van der Waals surface area contributed by atoms with Gasteiger partial charge in [0.1, 0.15) is 6.07 Å². The Balaban J connectivity index is 2.49. The minimum absolute atomic E-state index is 0.0917. The molecule has 1 heterocycles. The van der Waals surface area contributed by atoms with Crippen LogP contribution >= 0.6 is 11.6 Å². The molecular weight excluding hydrogens is 390 g/mol. The van der Waals surface area contributed by atoms with Crippen molar-refractivity contribution in [3.8, 4) is 6.07 Å². The van der Waals surface area contributed by atoms with Gasteiger partial charge in [-0.1, -0.05) is 44.5 Å². The van der Waals surface area contributed by atoms with Crippen LogP contribution in [0, 0.1) is 11.3 Å². The summed E-state index contributed by atoms with van der Waals surface area (Å²) < 4.78 is 8.25. The summed E-state index contributed by atoms with van der Waals surface area (Å²) in [6, 6.07) is 6.94. The molecule has 0 saturated heterocycles. The topological polar surface area (TPSA) is 71.1 Å². The Morgan fingerprint density at radius 1 is 1.29 bits per heavy atom. The van der Waals surface area contributed by atoms with Crippen molar-refractivity contribution in [1.29, 1.82) is 5.26 Å². The third-order valence-corrected chi connectivity index (χ3v) is 10.3. The quantitative estimate of drug-likeness (QED) is 0.645. The Kier molecular flexibility index (Phi) is 6.46. The van der Waals surface area contributed by atoms with Crippen molar-refractivity contribution < 1.29 is 9.53 Å². The number of nitriles is 1. The molecule has 0 radical (unpaired) electrons. The molecule has 5 nitrogen and oxygen atoms in total. The van der Waals surface area contributed by atoms with Gasteiger partial charge < -0.3 is 14.1 Å². The fourth-order valence-electron chi connectivity index (χ4n) is 2.90. The zero-order valence-corrected chi connectivity index (χ0v) is 19.5. The largest absolute Gasteiger partial charge is 0.411 e. The number of rotatable bonds is 6. The van der Waals surface area contributed by atoms with E-state index in [4.69, 9.17) is 16.0 Å². The molecule has 0 fully saturated rings.